The third kappa shape index (κ3) is 9.74. The van der Waals surface area contributed by atoms with E-state index in [4.69, 9.17) is 40.0 Å². The van der Waals surface area contributed by atoms with Crippen LogP contribution in [0.2, 0.25) is 0 Å². The number of aliphatic hydroxyl groups excluding tert-OH is 3. The molecule has 2 heterocycles. The summed E-state index contributed by atoms with van der Waals surface area (Å²) in [5, 5.41) is 40.1. The van der Waals surface area contributed by atoms with E-state index in [0.29, 0.717) is 28.7 Å². The number of nitrogens with two attached hydrogens (primary N) is 1. The van der Waals surface area contributed by atoms with Crippen molar-refractivity contribution in [3.8, 4) is 40.5 Å². The molecule has 11 nitrogen and oxygen atoms in total. The van der Waals surface area contributed by atoms with Crippen LogP contribution in [-0.4, -0.2) is 59.6 Å². The third-order valence-electron chi connectivity index (χ3n) is 6.07. The Kier molecular flexibility index (Phi) is 15.5. The summed E-state index contributed by atoms with van der Waals surface area (Å²) in [5.74, 6) is 1.93. The van der Waals surface area contributed by atoms with Crippen molar-refractivity contribution in [3.05, 3.63) is 101 Å². The van der Waals surface area contributed by atoms with Crippen LogP contribution in [0, 0.1) is 11.3 Å². The normalized spacial score (nSPS) is 12.7. The summed E-state index contributed by atoms with van der Waals surface area (Å²) in [6.45, 7) is 6.04. The van der Waals surface area contributed by atoms with Crippen molar-refractivity contribution < 1.29 is 34.3 Å². The van der Waals surface area contributed by atoms with Crippen LogP contribution in [0.4, 0.5) is 0 Å². The molecule has 11 heteroatoms. The molecule has 5 rings (SSSR count). The standard InChI is InChI=1S/C28H24N4O4.3C2H6O/c1-33-20-9-6-10-21(14-20)35-16-19-13-18(11-12-23(19)34-2)24-22(15-29)27(30)36-28-25(24)26(31-32-28)17-7-4-3-5-8-17;3*1-2-3/h3-14,24H,16,30H2,1-2H3,(H,31,32);3*3H,2H2,1H3. The molecule has 0 fully saturated rings. The van der Waals surface area contributed by atoms with Crippen LogP contribution in [0.3, 0.4) is 0 Å². The fraction of sp³-hybridized carbons (Fsp3) is 0.294. The second-order valence-corrected chi connectivity index (χ2v) is 9.10. The van der Waals surface area contributed by atoms with E-state index in [1.165, 1.54) is 0 Å². The summed E-state index contributed by atoms with van der Waals surface area (Å²) in [6.07, 6.45) is 0. The molecule has 1 aliphatic heterocycles. The van der Waals surface area contributed by atoms with Crippen LogP contribution >= 0.6 is 0 Å². The predicted octanol–water partition coefficient (Wildman–Crippen LogP) is 4.89. The Bertz CT molecular complexity index is 1530. The lowest BCUT2D eigenvalue weighted by Crippen LogP contribution is -2.21. The van der Waals surface area contributed by atoms with Gasteiger partial charge in [0, 0.05) is 31.5 Å². The molecule has 1 unspecified atom stereocenters. The lowest BCUT2D eigenvalue weighted by atomic mass is 9.82. The Labute approximate surface area is 264 Å². The van der Waals surface area contributed by atoms with Gasteiger partial charge < -0.3 is 40.0 Å². The van der Waals surface area contributed by atoms with E-state index in [9.17, 15) is 5.26 Å². The van der Waals surface area contributed by atoms with Gasteiger partial charge >= 0.3 is 0 Å². The van der Waals surface area contributed by atoms with E-state index in [1.807, 2.05) is 72.8 Å². The topological polar surface area (TPSA) is 176 Å². The summed E-state index contributed by atoms with van der Waals surface area (Å²) in [4.78, 5) is 0. The Balaban J connectivity index is 0.000000703. The van der Waals surface area contributed by atoms with E-state index in [1.54, 1.807) is 35.0 Å². The Morgan fingerprint density at radius 1 is 0.889 bits per heavy atom. The number of aromatic nitrogens is 2. The molecule has 6 N–H and O–H groups in total. The first-order valence-corrected chi connectivity index (χ1v) is 14.3. The van der Waals surface area contributed by atoms with Crippen LogP contribution in [0.1, 0.15) is 43.4 Å². The van der Waals surface area contributed by atoms with Gasteiger partial charge in [-0.2, -0.15) is 5.26 Å². The van der Waals surface area contributed by atoms with Gasteiger partial charge in [0.2, 0.25) is 11.8 Å². The second kappa shape index (κ2) is 19.3. The lowest BCUT2D eigenvalue weighted by Gasteiger charge is -2.25. The monoisotopic (exact) mass is 618 g/mol. The number of nitriles is 1. The first kappa shape index (κ1) is 36.2. The minimum Gasteiger partial charge on any atom is -0.497 e. The van der Waals surface area contributed by atoms with Gasteiger partial charge in [0.25, 0.3) is 0 Å². The maximum Gasteiger partial charge on any atom is 0.244 e. The summed E-state index contributed by atoms with van der Waals surface area (Å²) >= 11 is 0. The summed E-state index contributed by atoms with van der Waals surface area (Å²) in [7, 11) is 3.22. The molecule has 3 aromatic carbocycles. The van der Waals surface area contributed by atoms with Gasteiger partial charge in [0.1, 0.15) is 35.5 Å². The molecular formula is C34H42N4O7. The number of rotatable bonds is 7. The fourth-order valence-corrected chi connectivity index (χ4v) is 4.35. The zero-order chi connectivity index (χ0) is 33.2. The summed E-state index contributed by atoms with van der Waals surface area (Å²) in [5.41, 5.74) is 10.5. The first-order chi connectivity index (χ1) is 21.9. The molecule has 0 saturated heterocycles. The molecule has 0 amide bonds. The zero-order valence-corrected chi connectivity index (χ0v) is 26.3. The summed E-state index contributed by atoms with van der Waals surface area (Å²) < 4.78 is 22.6. The Morgan fingerprint density at radius 3 is 2.13 bits per heavy atom. The number of ether oxygens (including phenoxy) is 4. The lowest BCUT2D eigenvalue weighted by molar-refractivity contribution is 0.294. The van der Waals surface area contributed by atoms with Crippen LogP contribution < -0.4 is 24.7 Å². The molecule has 0 saturated carbocycles. The van der Waals surface area contributed by atoms with Gasteiger partial charge in [-0.3, -0.25) is 5.10 Å². The van der Waals surface area contributed by atoms with E-state index < -0.39 is 5.92 Å². The fourth-order valence-electron chi connectivity index (χ4n) is 4.35. The Hall–Kier alpha value is -5.02. The number of methoxy groups -OCH3 is 2. The molecule has 0 radical (unpaired) electrons. The second-order valence-electron chi connectivity index (χ2n) is 9.10. The molecule has 1 aliphatic rings. The molecule has 0 bridgehead atoms. The van der Waals surface area contributed by atoms with Gasteiger partial charge in [-0.05, 0) is 56.2 Å². The van der Waals surface area contributed by atoms with Crippen molar-refractivity contribution in [2.45, 2.75) is 33.3 Å². The number of benzene rings is 3. The van der Waals surface area contributed by atoms with Crippen molar-refractivity contribution in [3.63, 3.8) is 0 Å². The maximum atomic E-state index is 10.0. The highest BCUT2D eigenvalue weighted by molar-refractivity contribution is 5.71. The molecule has 0 spiro atoms. The third-order valence-corrected chi connectivity index (χ3v) is 6.07. The van der Waals surface area contributed by atoms with E-state index in [0.717, 1.165) is 27.9 Å². The maximum absolute atomic E-state index is 10.0. The molecule has 1 aromatic heterocycles. The van der Waals surface area contributed by atoms with Crippen molar-refractivity contribution in [1.29, 1.82) is 5.26 Å². The Morgan fingerprint density at radius 2 is 1.53 bits per heavy atom. The number of nitrogens with one attached hydrogen (secondary N) is 1. The number of allylic oxidation sites excluding steroid dienone is 1. The van der Waals surface area contributed by atoms with Crippen molar-refractivity contribution >= 4 is 0 Å². The van der Waals surface area contributed by atoms with Crippen LogP contribution in [0.25, 0.3) is 11.3 Å². The average molecular weight is 619 g/mol. The number of hydrogen-bond acceptors (Lipinski definition) is 10. The van der Waals surface area contributed by atoms with Gasteiger partial charge in [0.05, 0.1) is 31.4 Å². The SMILES string of the molecule is CCO.CCO.CCO.COc1cccc(OCc2cc(C3C(C#N)=C(N)Oc4n[nH]c(-c5ccccc5)c43)ccc2OC)c1. The number of nitrogens with zero attached hydrogens (tertiary/aromatic N) is 2. The minimum absolute atomic E-state index is 0.0334. The van der Waals surface area contributed by atoms with Crippen molar-refractivity contribution in [2.24, 2.45) is 5.73 Å². The van der Waals surface area contributed by atoms with Gasteiger partial charge in [0.15, 0.2) is 0 Å². The minimum atomic E-state index is -0.491. The molecule has 240 valence electrons. The molecule has 4 aromatic rings. The first-order valence-electron chi connectivity index (χ1n) is 14.3. The van der Waals surface area contributed by atoms with Crippen LogP contribution in [0.5, 0.6) is 23.1 Å². The zero-order valence-electron chi connectivity index (χ0n) is 26.3. The summed E-state index contributed by atoms with van der Waals surface area (Å²) in [6, 6.07) is 25.1. The molecule has 45 heavy (non-hydrogen) atoms. The van der Waals surface area contributed by atoms with Crippen LogP contribution in [0.15, 0.2) is 84.3 Å². The molecular weight excluding hydrogens is 576 g/mol. The number of fused-ring (bicyclic) bond motifs is 1. The predicted molar refractivity (Wildman–Crippen MR) is 172 cm³/mol. The number of aliphatic hydroxyl groups is 3. The molecule has 0 aliphatic carbocycles. The van der Waals surface area contributed by atoms with E-state index in [2.05, 4.69) is 16.3 Å². The van der Waals surface area contributed by atoms with Crippen molar-refractivity contribution in [1.82, 2.24) is 10.2 Å². The largest absolute Gasteiger partial charge is 0.497 e. The van der Waals surface area contributed by atoms with Gasteiger partial charge in [-0.15, -0.1) is 5.10 Å². The number of H-pyrrole nitrogens is 1. The smallest absolute Gasteiger partial charge is 0.244 e. The quantitative estimate of drug-likeness (QED) is 0.192. The van der Waals surface area contributed by atoms with Crippen LogP contribution in [-0.2, 0) is 6.61 Å². The van der Waals surface area contributed by atoms with Gasteiger partial charge in [-0.1, -0.05) is 42.5 Å². The highest BCUT2D eigenvalue weighted by atomic mass is 16.5. The van der Waals surface area contributed by atoms with Crippen molar-refractivity contribution in [2.75, 3.05) is 34.0 Å². The highest BCUT2D eigenvalue weighted by Crippen LogP contribution is 2.46. The number of hydrogen-bond donors (Lipinski definition) is 5. The average Bonchev–Trinajstić information content (AvgIpc) is 3.48. The molecule has 1 atom stereocenters. The van der Waals surface area contributed by atoms with Gasteiger partial charge in [-0.25, -0.2) is 0 Å². The highest BCUT2D eigenvalue weighted by Gasteiger charge is 2.36. The van der Waals surface area contributed by atoms with E-state index >= 15 is 0 Å². The van der Waals surface area contributed by atoms with E-state index in [-0.39, 0.29) is 32.3 Å². The number of aromatic amines is 1.